The van der Waals surface area contributed by atoms with Crippen LogP contribution in [0.3, 0.4) is 0 Å². The van der Waals surface area contributed by atoms with E-state index in [1.807, 2.05) is 79.7 Å². The summed E-state index contributed by atoms with van der Waals surface area (Å²) in [6, 6.07) is 17.5. The number of thiazole rings is 1. The Morgan fingerprint density at radius 1 is 1.04 bits per heavy atom. The molecule has 5 nitrogen and oxygen atoms in total. The van der Waals surface area contributed by atoms with Crippen molar-refractivity contribution in [1.29, 1.82) is 0 Å². The van der Waals surface area contributed by atoms with Gasteiger partial charge in [-0.1, -0.05) is 59.9 Å². The molecule has 134 valence electrons. The van der Waals surface area contributed by atoms with Gasteiger partial charge >= 0.3 is 0 Å². The van der Waals surface area contributed by atoms with Crippen LogP contribution in [0.5, 0.6) is 5.75 Å². The number of nitrogens with zero attached hydrogens (tertiary/aromatic N) is 3. The van der Waals surface area contributed by atoms with E-state index >= 15 is 0 Å². The molecule has 2 aromatic carbocycles. The van der Waals surface area contributed by atoms with Crippen LogP contribution < -0.4 is 14.8 Å². The van der Waals surface area contributed by atoms with Gasteiger partial charge in [0, 0.05) is 0 Å². The summed E-state index contributed by atoms with van der Waals surface area (Å²) >= 11 is 1.33. The van der Waals surface area contributed by atoms with Gasteiger partial charge in [-0.15, -0.1) is 5.10 Å². The second kappa shape index (κ2) is 7.55. The summed E-state index contributed by atoms with van der Waals surface area (Å²) in [5.74, 6) is 1.34. The minimum Gasteiger partial charge on any atom is -0.494 e. The van der Waals surface area contributed by atoms with Crippen molar-refractivity contribution in [2.45, 2.75) is 6.92 Å². The van der Waals surface area contributed by atoms with Gasteiger partial charge in [0.25, 0.3) is 5.56 Å². The molecule has 4 aromatic rings. The first-order valence-electron chi connectivity index (χ1n) is 8.60. The second-order valence-corrected chi connectivity index (χ2v) is 6.84. The van der Waals surface area contributed by atoms with Crippen LogP contribution in [0.15, 0.2) is 59.4 Å². The number of ether oxygens (including phenoxy) is 1. The van der Waals surface area contributed by atoms with Gasteiger partial charge in [0.15, 0.2) is 5.82 Å². The molecule has 0 N–H and O–H groups in total. The molecule has 0 saturated carbocycles. The van der Waals surface area contributed by atoms with E-state index in [9.17, 15) is 4.79 Å². The largest absolute Gasteiger partial charge is 0.494 e. The lowest BCUT2D eigenvalue weighted by molar-refractivity contribution is 0.340. The number of benzene rings is 2. The lowest BCUT2D eigenvalue weighted by Gasteiger charge is -2.01. The lowest BCUT2D eigenvalue weighted by Crippen LogP contribution is -2.23. The Morgan fingerprint density at radius 3 is 2.52 bits per heavy atom. The van der Waals surface area contributed by atoms with Crippen molar-refractivity contribution < 1.29 is 4.74 Å². The Hall–Kier alpha value is -3.25. The van der Waals surface area contributed by atoms with Gasteiger partial charge in [-0.05, 0) is 42.3 Å². The van der Waals surface area contributed by atoms with Crippen LogP contribution in [-0.2, 0) is 0 Å². The molecule has 0 atom stereocenters. The molecule has 0 saturated heterocycles. The molecule has 0 aliphatic heterocycles. The van der Waals surface area contributed by atoms with Gasteiger partial charge in [-0.25, -0.2) is 0 Å². The van der Waals surface area contributed by atoms with Gasteiger partial charge in [-0.2, -0.15) is 9.50 Å². The van der Waals surface area contributed by atoms with Crippen LogP contribution in [0, 0.1) is 0 Å². The third-order valence-electron chi connectivity index (χ3n) is 3.91. The van der Waals surface area contributed by atoms with E-state index in [-0.39, 0.29) is 5.56 Å². The van der Waals surface area contributed by atoms with E-state index in [0.29, 0.717) is 21.9 Å². The van der Waals surface area contributed by atoms with Crippen LogP contribution in [0.4, 0.5) is 0 Å². The predicted octanol–water partition coefficient (Wildman–Crippen LogP) is 3.27. The molecule has 6 heteroatoms. The summed E-state index contributed by atoms with van der Waals surface area (Å²) in [5, 5.41) is 4.30. The normalized spacial score (nSPS) is 12.3. The van der Waals surface area contributed by atoms with E-state index in [2.05, 4.69) is 10.1 Å². The summed E-state index contributed by atoms with van der Waals surface area (Å²) in [7, 11) is 0. The average Bonchev–Trinajstić information content (AvgIpc) is 3.22. The molecule has 0 unspecified atom stereocenters. The van der Waals surface area contributed by atoms with E-state index in [4.69, 9.17) is 4.74 Å². The van der Waals surface area contributed by atoms with Crippen molar-refractivity contribution in [3.8, 4) is 5.75 Å². The number of rotatable bonds is 5. The average molecular weight is 375 g/mol. The van der Waals surface area contributed by atoms with Gasteiger partial charge in [0.2, 0.25) is 4.96 Å². The quantitative estimate of drug-likeness (QED) is 0.537. The maximum Gasteiger partial charge on any atom is 0.291 e. The van der Waals surface area contributed by atoms with Crippen molar-refractivity contribution in [3.63, 3.8) is 0 Å². The zero-order valence-electron chi connectivity index (χ0n) is 14.7. The molecule has 0 aliphatic carbocycles. The Kier molecular flexibility index (Phi) is 4.80. The van der Waals surface area contributed by atoms with Crippen LogP contribution in [0.2, 0.25) is 0 Å². The Balaban J connectivity index is 1.62. The van der Waals surface area contributed by atoms with Gasteiger partial charge in [0.05, 0.1) is 11.1 Å². The minimum atomic E-state index is -0.157. The molecule has 0 bridgehead atoms. The van der Waals surface area contributed by atoms with Gasteiger partial charge in [0.1, 0.15) is 5.75 Å². The van der Waals surface area contributed by atoms with Crippen molar-refractivity contribution in [2.75, 3.05) is 6.61 Å². The van der Waals surface area contributed by atoms with Gasteiger partial charge < -0.3 is 4.74 Å². The first kappa shape index (κ1) is 17.2. The summed E-state index contributed by atoms with van der Waals surface area (Å²) < 4.78 is 7.40. The lowest BCUT2D eigenvalue weighted by atomic mass is 10.2. The highest BCUT2D eigenvalue weighted by Crippen LogP contribution is 2.13. The maximum absolute atomic E-state index is 12.6. The van der Waals surface area contributed by atoms with Crippen molar-refractivity contribution in [3.05, 3.63) is 86.4 Å². The molecule has 27 heavy (non-hydrogen) atoms. The Morgan fingerprint density at radius 2 is 1.81 bits per heavy atom. The van der Waals surface area contributed by atoms with Crippen LogP contribution in [-0.4, -0.2) is 21.2 Å². The number of hydrogen-bond donors (Lipinski definition) is 0. The summed E-state index contributed by atoms with van der Waals surface area (Å²) in [4.78, 5) is 17.6. The Bertz CT molecular complexity index is 1190. The number of aromatic nitrogens is 3. The van der Waals surface area contributed by atoms with Gasteiger partial charge in [-0.3, -0.25) is 4.79 Å². The van der Waals surface area contributed by atoms with Crippen molar-refractivity contribution in [2.24, 2.45) is 0 Å². The molecule has 2 aromatic heterocycles. The van der Waals surface area contributed by atoms with Crippen molar-refractivity contribution in [1.82, 2.24) is 14.6 Å². The summed E-state index contributed by atoms with van der Waals surface area (Å²) in [6.45, 7) is 2.57. The molecule has 0 aliphatic rings. The van der Waals surface area contributed by atoms with Crippen LogP contribution in [0.1, 0.15) is 23.9 Å². The molecule has 0 radical (unpaired) electrons. The van der Waals surface area contributed by atoms with E-state index in [1.165, 1.54) is 15.9 Å². The monoisotopic (exact) mass is 375 g/mol. The molecule has 0 spiro atoms. The van der Waals surface area contributed by atoms with Crippen LogP contribution in [0.25, 0.3) is 23.2 Å². The fraction of sp³-hybridized carbons (Fsp3) is 0.0952. The molecular weight excluding hydrogens is 358 g/mol. The zero-order valence-corrected chi connectivity index (χ0v) is 15.5. The van der Waals surface area contributed by atoms with Crippen molar-refractivity contribution >= 4 is 34.5 Å². The first-order chi connectivity index (χ1) is 13.2. The molecule has 0 amide bonds. The third-order valence-corrected chi connectivity index (χ3v) is 4.87. The summed E-state index contributed by atoms with van der Waals surface area (Å²) in [5.41, 5.74) is 1.84. The molecule has 4 rings (SSSR count). The highest BCUT2D eigenvalue weighted by molar-refractivity contribution is 7.15. The van der Waals surface area contributed by atoms with E-state index in [1.54, 1.807) is 0 Å². The summed E-state index contributed by atoms with van der Waals surface area (Å²) in [6.07, 6.45) is 5.58. The second-order valence-electron chi connectivity index (χ2n) is 5.83. The van der Waals surface area contributed by atoms with E-state index < -0.39 is 0 Å². The Labute approximate surface area is 159 Å². The maximum atomic E-state index is 12.6. The highest BCUT2D eigenvalue weighted by atomic mass is 32.1. The predicted molar refractivity (Wildman–Crippen MR) is 109 cm³/mol. The molecule has 0 fully saturated rings. The first-order valence-corrected chi connectivity index (χ1v) is 9.42. The number of hydrogen-bond acceptors (Lipinski definition) is 5. The SMILES string of the molecule is CCOc1ccc(/C=c2/sc3nc(/C=C/c4ccccc4)nn3c2=O)cc1. The topological polar surface area (TPSA) is 56.5 Å². The smallest absolute Gasteiger partial charge is 0.291 e. The molecule has 2 heterocycles. The fourth-order valence-electron chi connectivity index (χ4n) is 2.63. The number of fused-ring (bicyclic) bond motifs is 1. The van der Waals surface area contributed by atoms with Crippen LogP contribution >= 0.6 is 11.3 Å². The zero-order chi connectivity index (χ0) is 18.6. The molecular formula is C21H17N3O2S. The highest BCUT2D eigenvalue weighted by Gasteiger charge is 2.08. The van der Waals surface area contributed by atoms with E-state index in [0.717, 1.165) is 16.9 Å². The standard InChI is InChI=1S/C21H17N3O2S/c1-2-26-17-11-8-16(9-12-17)14-18-20(25)24-21(27-18)22-19(23-24)13-10-15-6-4-3-5-7-15/h3-14H,2H2,1H3/b13-10+,18-14+. The fourth-order valence-corrected chi connectivity index (χ4v) is 3.55. The minimum absolute atomic E-state index is 0.157. The third kappa shape index (κ3) is 3.80.